The maximum absolute atomic E-state index is 13.4. The summed E-state index contributed by atoms with van der Waals surface area (Å²) in [5.74, 6) is 7.45. The summed E-state index contributed by atoms with van der Waals surface area (Å²) in [4.78, 5) is 22.1. The van der Waals surface area contributed by atoms with Crippen molar-refractivity contribution in [3.63, 3.8) is 0 Å². The molecule has 3 rings (SSSR count). The number of fused-ring (bicyclic) bond motifs is 1. The van der Waals surface area contributed by atoms with E-state index in [4.69, 9.17) is 0 Å². The van der Waals surface area contributed by atoms with Gasteiger partial charge in [-0.05, 0) is 68.7 Å². The summed E-state index contributed by atoms with van der Waals surface area (Å²) < 4.78 is 1.80. The molecule has 1 amide bonds. The molecule has 0 bridgehead atoms. The first-order chi connectivity index (χ1) is 15.4. The van der Waals surface area contributed by atoms with Gasteiger partial charge in [0.25, 0.3) is 5.91 Å². The van der Waals surface area contributed by atoms with Crippen molar-refractivity contribution in [2.45, 2.75) is 53.4 Å². The maximum atomic E-state index is 13.4. The molecule has 0 spiro atoms. The van der Waals surface area contributed by atoms with Crippen molar-refractivity contribution >= 4 is 11.6 Å². The molecule has 0 radical (unpaired) electrons. The molecular formula is C26H35N5O. The minimum Gasteiger partial charge on any atom is -0.339 e. The second-order valence-corrected chi connectivity index (χ2v) is 9.51. The van der Waals surface area contributed by atoms with E-state index < -0.39 is 0 Å². The third-order valence-corrected chi connectivity index (χ3v) is 5.92. The molecule has 0 N–H and O–H groups in total. The number of rotatable bonds is 8. The molecule has 0 atom stereocenters. The SMILES string of the molecule is CC(C)CCN(CCC(C)C)C(=O)c1ccc2nc(C#N)c(C#CCN3CCCC3)n2c1. The molecule has 1 saturated heterocycles. The van der Waals surface area contributed by atoms with Crippen molar-refractivity contribution in [2.75, 3.05) is 32.7 Å². The van der Waals surface area contributed by atoms with Crippen LogP contribution in [-0.2, 0) is 0 Å². The van der Waals surface area contributed by atoms with Crippen LogP contribution in [-0.4, -0.2) is 57.8 Å². The van der Waals surface area contributed by atoms with Crippen molar-refractivity contribution < 1.29 is 4.79 Å². The highest BCUT2D eigenvalue weighted by atomic mass is 16.2. The molecule has 0 saturated carbocycles. The van der Waals surface area contributed by atoms with Crippen LogP contribution >= 0.6 is 0 Å². The van der Waals surface area contributed by atoms with Crippen LogP contribution in [0.2, 0.25) is 0 Å². The zero-order valence-electron chi connectivity index (χ0n) is 19.9. The first-order valence-corrected chi connectivity index (χ1v) is 11.8. The first kappa shape index (κ1) is 23.8. The number of hydrogen-bond donors (Lipinski definition) is 0. The number of aromatic nitrogens is 2. The Hall–Kier alpha value is -2.83. The van der Waals surface area contributed by atoms with Gasteiger partial charge in [0.05, 0.1) is 12.1 Å². The zero-order valence-corrected chi connectivity index (χ0v) is 19.9. The Morgan fingerprint density at radius 1 is 1.12 bits per heavy atom. The van der Waals surface area contributed by atoms with E-state index >= 15 is 0 Å². The highest BCUT2D eigenvalue weighted by molar-refractivity contribution is 5.94. The Morgan fingerprint density at radius 3 is 2.38 bits per heavy atom. The number of hydrogen-bond acceptors (Lipinski definition) is 4. The lowest BCUT2D eigenvalue weighted by molar-refractivity contribution is 0.0740. The molecule has 1 fully saturated rings. The quantitative estimate of drug-likeness (QED) is 0.586. The Bertz CT molecular complexity index is 1020. The van der Waals surface area contributed by atoms with Gasteiger partial charge in [-0.2, -0.15) is 5.26 Å². The van der Waals surface area contributed by atoms with Crippen LogP contribution in [0.1, 0.15) is 75.1 Å². The van der Waals surface area contributed by atoms with Crippen molar-refractivity contribution in [3.05, 3.63) is 35.3 Å². The van der Waals surface area contributed by atoms with Crippen molar-refractivity contribution in [2.24, 2.45) is 11.8 Å². The summed E-state index contributed by atoms with van der Waals surface area (Å²) in [5.41, 5.74) is 2.11. The second-order valence-electron chi connectivity index (χ2n) is 9.51. The number of amides is 1. The molecule has 0 aromatic carbocycles. The fourth-order valence-corrected chi connectivity index (χ4v) is 3.87. The van der Waals surface area contributed by atoms with E-state index in [-0.39, 0.29) is 5.91 Å². The fourth-order valence-electron chi connectivity index (χ4n) is 3.87. The second kappa shape index (κ2) is 11.2. The van der Waals surface area contributed by atoms with Gasteiger partial charge in [0.15, 0.2) is 5.69 Å². The normalized spacial score (nSPS) is 14.0. The van der Waals surface area contributed by atoms with Gasteiger partial charge in [-0.3, -0.25) is 14.1 Å². The number of likely N-dealkylation sites (tertiary alicyclic amines) is 1. The average molecular weight is 434 g/mol. The van der Waals surface area contributed by atoms with Gasteiger partial charge in [-0.25, -0.2) is 4.98 Å². The molecule has 6 heteroatoms. The van der Waals surface area contributed by atoms with Crippen LogP contribution in [0, 0.1) is 35.0 Å². The summed E-state index contributed by atoms with van der Waals surface area (Å²) in [6.45, 7) is 13.1. The van der Waals surface area contributed by atoms with Crippen molar-refractivity contribution in [3.8, 4) is 17.9 Å². The third kappa shape index (κ3) is 6.11. The number of carbonyl (C=O) groups excluding carboxylic acids is 1. The summed E-state index contributed by atoms with van der Waals surface area (Å²) >= 11 is 0. The van der Waals surface area contributed by atoms with E-state index in [1.165, 1.54) is 12.8 Å². The zero-order chi connectivity index (χ0) is 23.1. The highest BCUT2D eigenvalue weighted by Crippen LogP contribution is 2.16. The number of imidazole rings is 1. The van der Waals surface area contributed by atoms with Gasteiger partial charge >= 0.3 is 0 Å². The van der Waals surface area contributed by atoms with E-state index in [0.717, 1.165) is 39.0 Å². The van der Waals surface area contributed by atoms with Crippen molar-refractivity contribution in [1.29, 1.82) is 5.26 Å². The molecule has 3 heterocycles. The lowest BCUT2D eigenvalue weighted by atomic mass is 10.1. The number of carbonyl (C=O) groups is 1. The largest absolute Gasteiger partial charge is 0.339 e. The monoisotopic (exact) mass is 433 g/mol. The van der Waals surface area contributed by atoms with E-state index in [1.54, 1.807) is 10.6 Å². The Kier molecular flexibility index (Phi) is 8.31. The highest BCUT2D eigenvalue weighted by Gasteiger charge is 2.19. The predicted octanol–water partition coefficient (Wildman–Crippen LogP) is 4.19. The minimum absolute atomic E-state index is 0.0244. The molecule has 32 heavy (non-hydrogen) atoms. The first-order valence-electron chi connectivity index (χ1n) is 11.8. The Balaban J connectivity index is 1.88. The van der Waals surface area contributed by atoms with Gasteiger partial charge in [-0.1, -0.05) is 33.6 Å². The van der Waals surface area contributed by atoms with Gasteiger partial charge in [0.2, 0.25) is 0 Å². The molecule has 1 aliphatic rings. The van der Waals surface area contributed by atoms with Gasteiger partial charge in [-0.15, -0.1) is 0 Å². The minimum atomic E-state index is 0.0244. The number of nitrogens with zero attached hydrogens (tertiary/aromatic N) is 5. The standard InChI is InChI=1S/C26H35N5O/c1-20(2)11-16-30(17-12-21(3)4)26(32)22-9-10-25-28-23(18-27)24(31(25)19-22)8-7-15-29-13-5-6-14-29/h9-10,19-21H,5-6,11-17H2,1-4H3. The predicted molar refractivity (Wildman–Crippen MR) is 127 cm³/mol. The summed E-state index contributed by atoms with van der Waals surface area (Å²) in [6.07, 6.45) is 6.18. The molecule has 0 aliphatic carbocycles. The third-order valence-electron chi connectivity index (χ3n) is 5.92. The summed E-state index contributed by atoms with van der Waals surface area (Å²) in [7, 11) is 0. The van der Waals surface area contributed by atoms with Crippen LogP contribution in [0.5, 0.6) is 0 Å². The van der Waals surface area contributed by atoms with E-state index in [1.807, 2.05) is 17.0 Å². The lowest BCUT2D eigenvalue weighted by Crippen LogP contribution is -2.34. The summed E-state index contributed by atoms with van der Waals surface area (Å²) in [5, 5.41) is 9.56. The molecule has 2 aromatic heterocycles. The Labute approximate surface area is 192 Å². The lowest BCUT2D eigenvalue weighted by Gasteiger charge is -2.24. The fraction of sp³-hybridized carbons (Fsp3) is 0.577. The molecule has 1 aliphatic heterocycles. The molecule has 6 nitrogen and oxygen atoms in total. The van der Waals surface area contributed by atoms with Gasteiger partial charge < -0.3 is 4.90 Å². The molecule has 170 valence electrons. The number of nitriles is 1. The van der Waals surface area contributed by atoms with Crippen LogP contribution in [0.15, 0.2) is 18.3 Å². The van der Waals surface area contributed by atoms with Gasteiger partial charge in [0.1, 0.15) is 17.4 Å². The van der Waals surface area contributed by atoms with E-state index in [2.05, 4.69) is 55.5 Å². The Morgan fingerprint density at radius 2 is 1.78 bits per heavy atom. The van der Waals surface area contributed by atoms with Crippen LogP contribution < -0.4 is 0 Å². The van der Waals surface area contributed by atoms with Crippen LogP contribution in [0.4, 0.5) is 0 Å². The molecule has 0 unspecified atom stereocenters. The van der Waals surface area contributed by atoms with Crippen LogP contribution in [0.25, 0.3) is 5.65 Å². The van der Waals surface area contributed by atoms with Crippen molar-refractivity contribution in [1.82, 2.24) is 19.2 Å². The summed E-state index contributed by atoms with van der Waals surface area (Å²) in [6, 6.07) is 5.78. The number of pyridine rings is 1. The molecule has 2 aromatic rings. The topological polar surface area (TPSA) is 64.6 Å². The smallest absolute Gasteiger partial charge is 0.255 e. The van der Waals surface area contributed by atoms with E-state index in [9.17, 15) is 10.1 Å². The average Bonchev–Trinajstić information content (AvgIpc) is 3.40. The van der Waals surface area contributed by atoms with Crippen LogP contribution in [0.3, 0.4) is 0 Å². The van der Waals surface area contributed by atoms with Gasteiger partial charge in [0, 0.05) is 19.3 Å². The molecular weight excluding hydrogens is 398 g/mol. The maximum Gasteiger partial charge on any atom is 0.255 e. The van der Waals surface area contributed by atoms with E-state index in [0.29, 0.717) is 41.0 Å².